The molecular weight excluding hydrogens is 354 g/mol. The van der Waals surface area contributed by atoms with Gasteiger partial charge in [0.15, 0.2) is 5.78 Å². The van der Waals surface area contributed by atoms with Gasteiger partial charge in [0, 0.05) is 10.8 Å². The Morgan fingerprint density at radius 3 is 2.71 bits per heavy atom. The van der Waals surface area contributed by atoms with Crippen molar-refractivity contribution < 1.29 is 23.9 Å². The van der Waals surface area contributed by atoms with Crippen LogP contribution in [0.3, 0.4) is 0 Å². The van der Waals surface area contributed by atoms with E-state index in [1.54, 1.807) is 6.07 Å². The molecule has 130 valence electrons. The van der Waals surface area contributed by atoms with Gasteiger partial charge in [-0.15, -0.1) is 11.8 Å². The number of thioether (sulfide) groups is 1. The first-order chi connectivity index (χ1) is 11.4. The summed E-state index contributed by atoms with van der Waals surface area (Å²) in [4.78, 5) is 34.4. The number of rotatable bonds is 9. The molecule has 0 saturated heterocycles. The first kappa shape index (κ1) is 20.2. The van der Waals surface area contributed by atoms with Gasteiger partial charge in [0.05, 0.1) is 18.2 Å². The van der Waals surface area contributed by atoms with Gasteiger partial charge in [0.2, 0.25) is 0 Å². The minimum atomic E-state index is -1.15. The van der Waals surface area contributed by atoms with E-state index in [0.29, 0.717) is 10.8 Å². The van der Waals surface area contributed by atoms with Crippen molar-refractivity contribution in [3.05, 3.63) is 47.5 Å². The third kappa shape index (κ3) is 7.63. The summed E-state index contributed by atoms with van der Waals surface area (Å²) in [6.07, 6.45) is -0.209. The fourth-order valence-corrected chi connectivity index (χ4v) is 2.84. The lowest BCUT2D eigenvalue weighted by Gasteiger charge is -2.10. The molecule has 1 unspecified atom stereocenters. The molecule has 1 atom stereocenters. The molecule has 0 amide bonds. The van der Waals surface area contributed by atoms with Crippen LogP contribution in [-0.4, -0.2) is 36.3 Å². The fraction of sp³-hybridized carbons (Fsp3) is 0.312. The molecule has 0 fully saturated rings. The Kier molecular flexibility index (Phi) is 9.14. The van der Waals surface area contributed by atoms with Crippen molar-refractivity contribution in [2.24, 2.45) is 5.73 Å². The van der Waals surface area contributed by atoms with Crippen molar-refractivity contribution >= 4 is 41.3 Å². The van der Waals surface area contributed by atoms with Crippen molar-refractivity contribution in [3.8, 4) is 0 Å². The van der Waals surface area contributed by atoms with Gasteiger partial charge in [-0.1, -0.05) is 42.5 Å². The minimum Gasteiger partial charge on any atom is -0.430 e. The molecule has 0 aliphatic heterocycles. The normalized spacial score (nSPS) is 11.4. The number of ether oxygens (including phenoxy) is 2. The summed E-state index contributed by atoms with van der Waals surface area (Å²) >= 11 is 7.36. The van der Waals surface area contributed by atoms with Crippen molar-refractivity contribution in [2.45, 2.75) is 18.2 Å². The van der Waals surface area contributed by atoms with Crippen molar-refractivity contribution in [1.29, 1.82) is 0 Å². The number of benzene rings is 1. The van der Waals surface area contributed by atoms with E-state index in [-0.39, 0.29) is 18.1 Å². The van der Waals surface area contributed by atoms with Gasteiger partial charge in [-0.3, -0.25) is 9.59 Å². The van der Waals surface area contributed by atoms with Crippen molar-refractivity contribution in [3.63, 3.8) is 0 Å². The molecule has 0 saturated carbocycles. The molecule has 1 aromatic carbocycles. The number of ketones is 1. The Hall–Kier alpha value is -1.83. The van der Waals surface area contributed by atoms with Gasteiger partial charge in [0.25, 0.3) is 0 Å². The number of carbonyl (C=O) groups excluding carboxylic acids is 3. The fourth-order valence-electron chi connectivity index (χ4n) is 1.57. The molecular formula is C16H18ClNO5S. The Morgan fingerprint density at radius 2 is 2.04 bits per heavy atom. The summed E-state index contributed by atoms with van der Waals surface area (Å²) < 4.78 is 8.85. The summed E-state index contributed by atoms with van der Waals surface area (Å²) in [5, 5.41) is 0.628. The number of carbonyl (C=O) groups is 3. The van der Waals surface area contributed by atoms with Gasteiger partial charge in [-0.05, 0) is 11.6 Å². The number of hydrogen-bond acceptors (Lipinski definition) is 7. The van der Waals surface area contributed by atoms with Crippen LogP contribution in [0.1, 0.15) is 12.0 Å². The average molecular weight is 372 g/mol. The quantitative estimate of drug-likeness (QED) is 0.405. The lowest BCUT2D eigenvalue weighted by atomic mass is 10.1. The monoisotopic (exact) mass is 371 g/mol. The molecule has 24 heavy (non-hydrogen) atoms. The molecule has 1 aromatic rings. The van der Waals surface area contributed by atoms with Crippen LogP contribution in [0, 0.1) is 0 Å². The molecule has 0 aliphatic carbocycles. The SMILES string of the molecule is C=CCOC(=O)OC(=O)CC(N)C(=O)CSCc1ccccc1Cl. The van der Waals surface area contributed by atoms with E-state index in [1.165, 1.54) is 17.8 Å². The zero-order valence-corrected chi connectivity index (χ0v) is 14.5. The highest BCUT2D eigenvalue weighted by atomic mass is 35.5. The highest BCUT2D eigenvalue weighted by molar-refractivity contribution is 7.99. The van der Waals surface area contributed by atoms with Gasteiger partial charge in [-0.2, -0.15) is 0 Å². The predicted octanol–water partition coefficient (Wildman–Crippen LogP) is 2.73. The number of nitrogens with two attached hydrogens (primary N) is 1. The minimum absolute atomic E-state index is 0.0736. The first-order valence-corrected chi connectivity index (χ1v) is 8.55. The van der Waals surface area contributed by atoms with E-state index >= 15 is 0 Å². The highest BCUT2D eigenvalue weighted by Crippen LogP contribution is 2.20. The van der Waals surface area contributed by atoms with Gasteiger partial charge >= 0.3 is 12.1 Å². The maximum absolute atomic E-state index is 11.9. The molecule has 0 bridgehead atoms. The maximum atomic E-state index is 11.9. The summed E-state index contributed by atoms with van der Waals surface area (Å²) in [7, 11) is 0. The van der Waals surface area contributed by atoms with Crippen LogP contribution < -0.4 is 5.73 Å². The molecule has 0 spiro atoms. The number of halogens is 1. The second-order valence-electron chi connectivity index (χ2n) is 4.68. The van der Waals surface area contributed by atoms with Crippen molar-refractivity contribution in [2.75, 3.05) is 12.4 Å². The largest absolute Gasteiger partial charge is 0.516 e. The molecule has 0 aliphatic rings. The Balaban J connectivity index is 2.31. The summed E-state index contributed by atoms with van der Waals surface area (Å²) in [6.45, 7) is 3.27. The van der Waals surface area contributed by atoms with Crippen LogP contribution in [0.2, 0.25) is 5.02 Å². The predicted molar refractivity (Wildman–Crippen MR) is 92.9 cm³/mol. The second-order valence-corrected chi connectivity index (χ2v) is 6.08. The zero-order chi connectivity index (χ0) is 17.9. The third-order valence-electron chi connectivity index (χ3n) is 2.78. The van der Waals surface area contributed by atoms with Crippen LogP contribution in [0.25, 0.3) is 0 Å². The topological polar surface area (TPSA) is 95.7 Å². The van der Waals surface area contributed by atoms with E-state index in [0.717, 1.165) is 5.56 Å². The Labute approximate surface area is 149 Å². The molecule has 2 N–H and O–H groups in total. The second kappa shape index (κ2) is 10.9. The van der Waals surface area contributed by atoms with Crippen LogP contribution in [0.4, 0.5) is 4.79 Å². The zero-order valence-electron chi connectivity index (χ0n) is 12.9. The lowest BCUT2D eigenvalue weighted by molar-refractivity contribution is -0.141. The number of esters is 1. The maximum Gasteiger partial charge on any atom is 0.516 e. The van der Waals surface area contributed by atoms with E-state index in [4.69, 9.17) is 17.3 Å². The molecule has 0 aromatic heterocycles. The molecule has 1 rings (SSSR count). The van der Waals surface area contributed by atoms with Gasteiger partial charge < -0.3 is 15.2 Å². The molecule has 8 heteroatoms. The number of hydrogen-bond donors (Lipinski definition) is 1. The van der Waals surface area contributed by atoms with Crippen LogP contribution in [0.5, 0.6) is 0 Å². The molecule has 0 radical (unpaired) electrons. The van der Waals surface area contributed by atoms with Crippen molar-refractivity contribution in [1.82, 2.24) is 0 Å². The van der Waals surface area contributed by atoms with E-state index in [9.17, 15) is 14.4 Å². The van der Waals surface area contributed by atoms with Gasteiger partial charge in [0.1, 0.15) is 6.61 Å². The van der Waals surface area contributed by atoms with E-state index in [1.807, 2.05) is 18.2 Å². The Morgan fingerprint density at radius 1 is 1.33 bits per heavy atom. The summed E-state index contributed by atoms with van der Waals surface area (Å²) in [5.74, 6) is -0.554. The van der Waals surface area contributed by atoms with E-state index < -0.39 is 24.6 Å². The molecule has 0 heterocycles. The van der Waals surface area contributed by atoms with Crippen LogP contribution in [0.15, 0.2) is 36.9 Å². The standard InChI is InChI=1S/C16H18ClNO5S/c1-2-7-22-16(21)23-15(20)8-13(18)14(19)10-24-9-11-5-3-4-6-12(11)17/h2-6,13H,1,7-10,18H2. The summed E-state index contributed by atoms with van der Waals surface area (Å²) in [5.41, 5.74) is 6.56. The first-order valence-electron chi connectivity index (χ1n) is 7.01. The molecule has 6 nitrogen and oxygen atoms in total. The third-order valence-corrected chi connectivity index (χ3v) is 4.15. The summed E-state index contributed by atoms with van der Waals surface area (Å²) in [6, 6.07) is 6.28. The van der Waals surface area contributed by atoms with Gasteiger partial charge in [-0.25, -0.2) is 4.79 Å². The van der Waals surface area contributed by atoms with Crippen LogP contribution in [-0.2, 0) is 24.8 Å². The average Bonchev–Trinajstić information content (AvgIpc) is 2.54. The van der Waals surface area contributed by atoms with Crippen LogP contribution >= 0.6 is 23.4 Å². The Bertz CT molecular complexity index is 608. The lowest BCUT2D eigenvalue weighted by Crippen LogP contribution is -2.35. The smallest absolute Gasteiger partial charge is 0.430 e. The van der Waals surface area contributed by atoms with E-state index in [2.05, 4.69) is 16.1 Å². The highest BCUT2D eigenvalue weighted by Gasteiger charge is 2.21. The number of Topliss-reactive ketones (excluding diaryl/α,β-unsaturated/α-hetero) is 1.